The molecule has 138 valence electrons. The minimum absolute atomic E-state index is 0.199. The molecule has 1 saturated carbocycles. The predicted octanol–water partition coefficient (Wildman–Crippen LogP) is 4.33. The molecule has 0 aromatic heterocycles. The summed E-state index contributed by atoms with van der Waals surface area (Å²) in [5, 5.41) is 4.14. The normalized spacial score (nSPS) is 40.5. The molecule has 0 bridgehead atoms. The van der Waals surface area contributed by atoms with Crippen molar-refractivity contribution in [3.63, 3.8) is 0 Å². The van der Waals surface area contributed by atoms with E-state index in [0.717, 1.165) is 12.0 Å². The molecule has 3 heteroatoms. The van der Waals surface area contributed by atoms with Gasteiger partial charge in [-0.15, -0.1) is 0 Å². The first-order valence-corrected chi connectivity index (χ1v) is 11.2. The van der Waals surface area contributed by atoms with Crippen LogP contribution in [-0.2, 0) is 0 Å². The van der Waals surface area contributed by atoms with E-state index in [4.69, 9.17) is 0 Å². The maximum Gasteiger partial charge on any atom is 0.128 e. The fourth-order valence-electron chi connectivity index (χ4n) is 6.23. The van der Waals surface area contributed by atoms with Gasteiger partial charge in [0.1, 0.15) is 5.79 Å². The Balaban J connectivity index is 1.59. The number of rotatable bonds is 2. The van der Waals surface area contributed by atoms with Gasteiger partial charge in [0.05, 0.1) is 0 Å². The van der Waals surface area contributed by atoms with E-state index < -0.39 is 0 Å². The molecule has 3 aliphatic heterocycles. The Hall–Kier alpha value is -0.120. The van der Waals surface area contributed by atoms with Crippen molar-refractivity contribution in [1.82, 2.24) is 15.1 Å². The van der Waals surface area contributed by atoms with Crippen molar-refractivity contribution in [3.05, 3.63) is 0 Å². The van der Waals surface area contributed by atoms with Gasteiger partial charge in [-0.25, -0.2) is 0 Å². The molecule has 3 unspecified atom stereocenters. The van der Waals surface area contributed by atoms with Gasteiger partial charge in [-0.05, 0) is 63.8 Å². The van der Waals surface area contributed by atoms with E-state index in [1.165, 1.54) is 116 Å². The van der Waals surface area contributed by atoms with Crippen molar-refractivity contribution in [1.29, 1.82) is 0 Å². The first-order valence-electron chi connectivity index (χ1n) is 11.2. The molecule has 24 heavy (non-hydrogen) atoms. The average molecular weight is 334 g/mol. The molecular weight excluding hydrogens is 294 g/mol. The van der Waals surface area contributed by atoms with Gasteiger partial charge in [-0.1, -0.05) is 38.5 Å². The lowest BCUT2D eigenvalue weighted by atomic mass is 9.84. The summed E-state index contributed by atoms with van der Waals surface area (Å²) in [5.74, 6) is 1.19. The van der Waals surface area contributed by atoms with E-state index in [2.05, 4.69) is 15.1 Å². The number of hydrogen-bond acceptors (Lipinski definition) is 3. The molecule has 0 amide bonds. The molecule has 4 fully saturated rings. The van der Waals surface area contributed by atoms with Crippen molar-refractivity contribution in [2.24, 2.45) is 5.92 Å². The standard InChI is InChI=1S/C21H39N3/c1-2-9-16-23(17-10-3-1)21(14-7-4-8-15-22-21)24-18-13-19-11-5-6-12-20(19)24/h19-20,22H,1-18H2. The van der Waals surface area contributed by atoms with Crippen LogP contribution in [0.5, 0.6) is 0 Å². The summed E-state index contributed by atoms with van der Waals surface area (Å²) in [6.07, 6.45) is 20.1. The highest BCUT2D eigenvalue weighted by Gasteiger charge is 2.49. The van der Waals surface area contributed by atoms with Gasteiger partial charge in [-0.3, -0.25) is 15.1 Å². The van der Waals surface area contributed by atoms with Gasteiger partial charge < -0.3 is 0 Å². The topological polar surface area (TPSA) is 18.5 Å². The third-order valence-electron chi connectivity index (χ3n) is 7.47. The molecule has 3 saturated heterocycles. The Labute approximate surface area is 149 Å². The summed E-state index contributed by atoms with van der Waals surface area (Å²) in [7, 11) is 0. The highest BCUT2D eigenvalue weighted by molar-refractivity contribution is 5.00. The Morgan fingerprint density at radius 2 is 1.42 bits per heavy atom. The second-order valence-electron chi connectivity index (χ2n) is 8.90. The van der Waals surface area contributed by atoms with E-state index in [-0.39, 0.29) is 5.79 Å². The Kier molecular flexibility index (Phi) is 5.81. The zero-order valence-electron chi connectivity index (χ0n) is 15.8. The Morgan fingerprint density at radius 3 is 2.29 bits per heavy atom. The van der Waals surface area contributed by atoms with E-state index in [9.17, 15) is 0 Å². The molecule has 4 rings (SSSR count). The number of likely N-dealkylation sites (tertiary alicyclic amines) is 2. The van der Waals surface area contributed by atoms with Gasteiger partial charge in [0.2, 0.25) is 0 Å². The zero-order chi connectivity index (χ0) is 16.2. The molecule has 0 spiro atoms. The maximum absolute atomic E-state index is 4.14. The van der Waals surface area contributed by atoms with Crippen LogP contribution in [-0.4, -0.2) is 47.8 Å². The van der Waals surface area contributed by atoms with Crippen LogP contribution in [0.2, 0.25) is 0 Å². The first kappa shape index (κ1) is 17.3. The van der Waals surface area contributed by atoms with Crippen LogP contribution in [0.4, 0.5) is 0 Å². The van der Waals surface area contributed by atoms with Gasteiger partial charge in [-0.2, -0.15) is 0 Å². The van der Waals surface area contributed by atoms with E-state index in [1.807, 2.05) is 0 Å². The lowest BCUT2D eigenvalue weighted by molar-refractivity contribution is -0.106. The summed E-state index contributed by atoms with van der Waals surface area (Å²) < 4.78 is 0. The molecule has 3 atom stereocenters. The maximum atomic E-state index is 4.14. The van der Waals surface area contributed by atoms with E-state index in [1.54, 1.807) is 0 Å². The minimum atomic E-state index is 0.199. The molecule has 0 aromatic carbocycles. The smallest absolute Gasteiger partial charge is 0.128 e. The highest BCUT2D eigenvalue weighted by atomic mass is 15.5. The molecule has 1 N–H and O–H groups in total. The highest BCUT2D eigenvalue weighted by Crippen LogP contribution is 2.42. The third-order valence-corrected chi connectivity index (χ3v) is 7.47. The van der Waals surface area contributed by atoms with Crippen LogP contribution in [0.15, 0.2) is 0 Å². The van der Waals surface area contributed by atoms with Crippen LogP contribution in [0.3, 0.4) is 0 Å². The molecule has 4 aliphatic rings. The third kappa shape index (κ3) is 3.41. The summed E-state index contributed by atoms with van der Waals surface area (Å²) in [6, 6.07) is 0.870. The Bertz CT molecular complexity index is 381. The van der Waals surface area contributed by atoms with Gasteiger partial charge in [0.25, 0.3) is 0 Å². The van der Waals surface area contributed by atoms with Crippen LogP contribution < -0.4 is 5.32 Å². The SMILES string of the molecule is C1CCCN(C2(N3CCC4CCCCC43)CCCCCN2)CCC1. The van der Waals surface area contributed by atoms with Gasteiger partial charge >= 0.3 is 0 Å². The van der Waals surface area contributed by atoms with Gasteiger partial charge in [0, 0.05) is 25.7 Å². The predicted molar refractivity (Wildman–Crippen MR) is 101 cm³/mol. The summed E-state index contributed by atoms with van der Waals surface area (Å²) >= 11 is 0. The molecule has 1 aliphatic carbocycles. The average Bonchev–Trinajstić information content (AvgIpc) is 2.86. The van der Waals surface area contributed by atoms with Crippen molar-refractivity contribution in [3.8, 4) is 0 Å². The van der Waals surface area contributed by atoms with Crippen LogP contribution >= 0.6 is 0 Å². The van der Waals surface area contributed by atoms with E-state index in [0.29, 0.717) is 0 Å². The summed E-state index contributed by atoms with van der Waals surface area (Å²) in [5.41, 5.74) is 0. The van der Waals surface area contributed by atoms with Crippen molar-refractivity contribution in [2.75, 3.05) is 26.2 Å². The van der Waals surface area contributed by atoms with E-state index >= 15 is 0 Å². The Morgan fingerprint density at radius 1 is 0.667 bits per heavy atom. The molecular formula is C21H39N3. The summed E-state index contributed by atoms with van der Waals surface area (Å²) in [6.45, 7) is 5.21. The number of nitrogens with zero attached hydrogens (tertiary/aromatic N) is 2. The zero-order valence-corrected chi connectivity index (χ0v) is 15.8. The molecule has 0 aromatic rings. The fourth-order valence-corrected chi connectivity index (χ4v) is 6.23. The quantitative estimate of drug-likeness (QED) is 0.811. The lowest BCUT2D eigenvalue weighted by Crippen LogP contribution is -2.70. The van der Waals surface area contributed by atoms with Gasteiger partial charge in [0.15, 0.2) is 0 Å². The van der Waals surface area contributed by atoms with Crippen molar-refractivity contribution < 1.29 is 0 Å². The van der Waals surface area contributed by atoms with Crippen molar-refractivity contribution in [2.45, 2.75) is 102 Å². The van der Waals surface area contributed by atoms with Crippen LogP contribution in [0.25, 0.3) is 0 Å². The van der Waals surface area contributed by atoms with Crippen LogP contribution in [0.1, 0.15) is 89.9 Å². The second-order valence-corrected chi connectivity index (χ2v) is 8.90. The first-order chi connectivity index (χ1) is 11.9. The second kappa shape index (κ2) is 8.05. The molecule has 3 nitrogen and oxygen atoms in total. The molecule has 0 radical (unpaired) electrons. The number of nitrogens with one attached hydrogen (secondary N) is 1. The largest absolute Gasteiger partial charge is 0.287 e. The summed E-state index contributed by atoms with van der Waals surface area (Å²) in [4.78, 5) is 5.90. The van der Waals surface area contributed by atoms with Crippen molar-refractivity contribution >= 4 is 0 Å². The molecule has 3 heterocycles. The number of fused-ring (bicyclic) bond motifs is 1. The number of hydrogen-bond donors (Lipinski definition) is 1. The van der Waals surface area contributed by atoms with Crippen LogP contribution in [0, 0.1) is 5.92 Å². The minimum Gasteiger partial charge on any atom is -0.287 e. The lowest BCUT2D eigenvalue weighted by Gasteiger charge is -2.53. The monoisotopic (exact) mass is 333 g/mol. The fraction of sp³-hybridized carbons (Fsp3) is 1.00.